The Balaban J connectivity index is 1.63. The Hall–Kier alpha value is -1.79. The second-order valence-electron chi connectivity index (χ2n) is 5.20. The molecule has 0 aromatic heterocycles. The Morgan fingerprint density at radius 1 is 1.48 bits per heavy atom. The van der Waals surface area contributed by atoms with E-state index in [0.29, 0.717) is 24.0 Å². The summed E-state index contributed by atoms with van der Waals surface area (Å²) < 4.78 is 10.4. The van der Waals surface area contributed by atoms with Crippen molar-refractivity contribution in [3.63, 3.8) is 0 Å². The lowest BCUT2D eigenvalue weighted by molar-refractivity contribution is 0.0339. The summed E-state index contributed by atoms with van der Waals surface area (Å²) in [6.07, 6.45) is 1.74. The van der Waals surface area contributed by atoms with Gasteiger partial charge in [0.05, 0.1) is 19.8 Å². The number of carbonyl (C=O) groups is 1. The number of anilines is 1. The van der Waals surface area contributed by atoms with Gasteiger partial charge in [-0.15, -0.1) is 0 Å². The topological polar surface area (TPSA) is 79.8 Å². The highest BCUT2D eigenvalue weighted by atomic mass is 16.5. The highest BCUT2D eigenvalue weighted by Crippen LogP contribution is 2.28. The lowest BCUT2D eigenvalue weighted by Crippen LogP contribution is -2.37. The minimum atomic E-state index is -0.695. The number of nitrogens with one attached hydrogen (secondary N) is 2. The second kappa shape index (κ2) is 7.85. The van der Waals surface area contributed by atoms with Gasteiger partial charge in [-0.1, -0.05) is 6.07 Å². The highest BCUT2D eigenvalue weighted by molar-refractivity contribution is 5.89. The lowest BCUT2D eigenvalue weighted by atomic mass is 10.3. The molecule has 6 nitrogen and oxygen atoms in total. The van der Waals surface area contributed by atoms with Crippen LogP contribution in [0.4, 0.5) is 10.5 Å². The fourth-order valence-corrected chi connectivity index (χ4v) is 1.80. The van der Waals surface area contributed by atoms with Gasteiger partial charge < -0.3 is 25.2 Å². The average molecular weight is 294 g/mol. The number of aliphatic hydroxyl groups excluding tert-OH is 1. The number of amides is 2. The number of hydrogen-bond acceptors (Lipinski definition) is 4. The van der Waals surface area contributed by atoms with E-state index >= 15 is 0 Å². The molecule has 1 aromatic carbocycles. The van der Waals surface area contributed by atoms with E-state index in [1.54, 1.807) is 31.4 Å². The molecule has 0 bridgehead atoms. The number of ether oxygens (including phenoxy) is 2. The molecule has 1 aromatic rings. The minimum absolute atomic E-state index is 0.153. The number of carbonyl (C=O) groups excluding carboxylic acids is 1. The maximum absolute atomic E-state index is 11.7. The molecular formula is C15H22N2O4. The summed E-state index contributed by atoms with van der Waals surface area (Å²) in [6.45, 7) is 1.10. The van der Waals surface area contributed by atoms with E-state index in [1.807, 2.05) is 0 Å². The van der Waals surface area contributed by atoms with E-state index in [2.05, 4.69) is 10.6 Å². The van der Waals surface area contributed by atoms with Crippen LogP contribution in [0.25, 0.3) is 0 Å². The van der Waals surface area contributed by atoms with Gasteiger partial charge in [-0.05, 0) is 30.9 Å². The van der Waals surface area contributed by atoms with Crippen molar-refractivity contribution in [2.45, 2.75) is 18.9 Å². The molecule has 1 fully saturated rings. The summed E-state index contributed by atoms with van der Waals surface area (Å²) in [6, 6.07) is 6.69. The summed E-state index contributed by atoms with van der Waals surface area (Å²) in [5.74, 6) is 1.34. The zero-order chi connectivity index (χ0) is 15.1. The number of aliphatic hydroxyl groups is 1. The van der Waals surface area contributed by atoms with Gasteiger partial charge in [0.25, 0.3) is 0 Å². The van der Waals surface area contributed by atoms with Crippen molar-refractivity contribution in [1.82, 2.24) is 5.32 Å². The fourth-order valence-electron chi connectivity index (χ4n) is 1.80. The average Bonchev–Trinajstić information content (AvgIpc) is 3.29. The zero-order valence-electron chi connectivity index (χ0n) is 12.2. The van der Waals surface area contributed by atoms with Crippen molar-refractivity contribution < 1.29 is 19.4 Å². The summed E-state index contributed by atoms with van der Waals surface area (Å²) in [5.41, 5.74) is 0.631. The Bertz CT molecular complexity index is 463. The van der Waals surface area contributed by atoms with E-state index in [1.165, 1.54) is 12.8 Å². The molecule has 1 aliphatic rings. The van der Waals surface area contributed by atoms with E-state index in [9.17, 15) is 9.90 Å². The summed E-state index contributed by atoms with van der Waals surface area (Å²) in [7, 11) is 1.57. The first kappa shape index (κ1) is 15.6. The van der Waals surface area contributed by atoms with Crippen LogP contribution in [-0.2, 0) is 4.74 Å². The first-order valence-electron chi connectivity index (χ1n) is 7.12. The van der Waals surface area contributed by atoms with Gasteiger partial charge in [-0.3, -0.25) is 0 Å². The number of urea groups is 1. The predicted molar refractivity (Wildman–Crippen MR) is 79.6 cm³/mol. The molecule has 0 radical (unpaired) electrons. The molecule has 116 valence electrons. The SMILES string of the molecule is COc1cccc(NC(=O)NC[C@H](O)COCC2CC2)c1. The van der Waals surface area contributed by atoms with Crippen LogP contribution in [0.15, 0.2) is 24.3 Å². The van der Waals surface area contributed by atoms with Crippen molar-refractivity contribution in [1.29, 1.82) is 0 Å². The first-order valence-corrected chi connectivity index (χ1v) is 7.12. The molecule has 0 saturated heterocycles. The van der Waals surface area contributed by atoms with Crippen molar-refractivity contribution >= 4 is 11.7 Å². The van der Waals surface area contributed by atoms with Gasteiger partial charge in [-0.25, -0.2) is 4.79 Å². The monoisotopic (exact) mass is 294 g/mol. The fraction of sp³-hybridized carbons (Fsp3) is 0.533. The Morgan fingerprint density at radius 2 is 2.29 bits per heavy atom. The van der Waals surface area contributed by atoms with E-state index in [0.717, 1.165) is 0 Å². The molecule has 2 rings (SSSR count). The van der Waals surface area contributed by atoms with E-state index in [4.69, 9.17) is 9.47 Å². The van der Waals surface area contributed by atoms with Crippen LogP contribution in [-0.4, -0.2) is 44.1 Å². The van der Waals surface area contributed by atoms with Crippen molar-refractivity contribution in [3.05, 3.63) is 24.3 Å². The number of hydrogen-bond donors (Lipinski definition) is 3. The third kappa shape index (κ3) is 6.01. The van der Waals surface area contributed by atoms with Crippen LogP contribution in [0.2, 0.25) is 0 Å². The number of rotatable bonds is 8. The maximum Gasteiger partial charge on any atom is 0.319 e. The Labute approximate surface area is 124 Å². The molecule has 0 spiro atoms. The molecule has 1 saturated carbocycles. The maximum atomic E-state index is 11.7. The van der Waals surface area contributed by atoms with Crippen LogP contribution < -0.4 is 15.4 Å². The third-order valence-corrected chi connectivity index (χ3v) is 3.19. The number of benzene rings is 1. The standard InChI is InChI=1S/C15H22N2O4/c1-20-14-4-2-3-12(7-14)17-15(19)16-8-13(18)10-21-9-11-5-6-11/h2-4,7,11,13,18H,5-6,8-10H2,1H3,(H2,16,17,19)/t13-/m0/s1. The molecule has 6 heteroatoms. The molecule has 1 atom stereocenters. The van der Waals surface area contributed by atoms with Gasteiger partial charge in [0.2, 0.25) is 0 Å². The van der Waals surface area contributed by atoms with Crippen LogP contribution in [0.1, 0.15) is 12.8 Å². The van der Waals surface area contributed by atoms with E-state index < -0.39 is 6.10 Å². The largest absolute Gasteiger partial charge is 0.497 e. The molecule has 0 aliphatic heterocycles. The Kier molecular flexibility index (Phi) is 5.83. The van der Waals surface area contributed by atoms with Crippen LogP contribution >= 0.6 is 0 Å². The van der Waals surface area contributed by atoms with Gasteiger partial charge in [-0.2, -0.15) is 0 Å². The molecule has 21 heavy (non-hydrogen) atoms. The normalized spacial score (nSPS) is 15.3. The van der Waals surface area contributed by atoms with Crippen molar-refractivity contribution in [2.24, 2.45) is 5.92 Å². The summed E-state index contributed by atoms with van der Waals surface area (Å²) in [4.78, 5) is 11.7. The quantitative estimate of drug-likeness (QED) is 0.680. The van der Waals surface area contributed by atoms with Crippen LogP contribution in [0.3, 0.4) is 0 Å². The molecule has 1 aliphatic carbocycles. The summed E-state index contributed by atoms with van der Waals surface area (Å²) in [5, 5.41) is 15.0. The first-order chi connectivity index (χ1) is 10.2. The third-order valence-electron chi connectivity index (χ3n) is 3.19. The minimum Gasteiger partial charge on any atom is -0.497 e. The van der Waals surface area contributed by atoms with Crippen molar-refractivity contribution in [3.8, 4) is 5.75 Å². The number of methoxy groups -OCH3 is 1. The Morgan fingerprint density at radius 3 is 3.00 bits per heavy atom. The zero-order valence-corrected chi connectivity index (χ0v) is 12.2. The molecule has 2 amide bonds. The van der Waals surface area contributed by atoms with Gasteiger partial charge in [0.15, 0.2) is 0 Å². The molecular weight excluding hydrogens is 272 g/mol. The predicted octanol–water partition coefficient (Wildman–Crippen LogP) is 1.60. The lowest BCUT2D eigenvalue weighted by Gasteiger charge is -2.13. The molecule has 0 heterocycles. The van der Waals surface area contributed by atoms with Crippen LogP contribution in [0.5, 0.6) is 5.75 Å². The van der Waals surface area contributed by atoms with E-state index in [-0.39, 0.29) is 19.2 Å². The molecule has 0 unspecified atom stereocenters. The van der Waals surface area contributed by atoms with Crippen molar-refractivity contribution in [2.75, 3.05) is 32.2 Å². The van der Waals surface area contributed by atoms with Gasteiger partial charge in [0, 0.05) is 24.9 Å². The second-order valence-corrected chi connectivity index (χ2v) is 5.20. The van der Waals surface area contributed by atoms with Gasteiger partial charge in [0.1, 0.15) is 5.75 Å². The summed E-state index contributed by atoms with van der Waals surface area (Å²) >= 11 is 0. The highest BCUT2D eigenvalue weighted by Gasteiger charge is 2.21. The smallest absolute Gasteiger partial charge is 0.319 e. The van der Waals surface area contributed by atoms with Crippen LogP contribution in [0, 0.1) is 5.92 Å². The molecule has 3 N–H and O–H groups in total. The van der Waals surface area contributed by atoms with Gasteiger partial charge >= 0.3 is 6.03 Å².